The quantitative estimate of drug-likeness (QED) is 0.288. The van der Waals surface area contributed by atoms with Crippen LogP contribution < -0.4 is 15.5 Å². The molecule has 2 bridgehead atoms. The molecular formula is C30H42N6O3Si. The van der Waals surface area contributed by atoms with Crippen molar-refractivity contribution in [2.75, 3.05) is 43.1 Å². The van der Waals surface area contributed by atoms with Crippen LogP contribution in [0, 0.1) is 5.92 Å². The zero-order valence-corrected chi connectivity index (χ0v) is 25.0. The second-order valence-corrected chi connectivity index (χ2v) is 18.3. The van der Waals surface area contributed by atoms with E-state index in [1.807, 2.05) is 12.1 Å². The predicted molar refractivity (Wildman–Crippen MR) is 161 cm³/mol. The van der Waals surface area contributed by atoms with Crippen LogP contribution in [0.5, 0.6) is 0 Å². The average molecular weight is 563 g/mol. The van der Waals surface area contributed by atoms with Gasteiger partial charge in [0.05, 0.1) is 36.4 Å². The molecular weight excluding hydrogens is 520 g/mol. The number of rotatable bonds is 9. The first-order chi connectivity index (χ1) is 19.4. The van der Waals surface area contributed by atoms with Gasteiger partial charge in [-0.25, -0.2) is 9.97 Å². The minimum Gasteiger partial charge on any atom is -0.377 e. The fourth-order valence-electron chi connectivity index (χ4n) is 6.19. The molecule has 1 aromatic carbocycles. The predicted octanol–water partition coefficient (Wildman–Crippen LogP) is 4.72. The van der Waals surface area contributed by atoms with E-state index in [-0.39, 0.29) is 11.8 Å². The molecule has 3 aromatic rings. The molecule has 0 radical (unpaired) electrons. The van der Waals surface area contributed by atoms with Crippen LogP contribution in [0.2, 0.25) is 25.7 Å². The van der Waals surface area contributed by atoms with Gasteiger partial charge in [-0.1, -0.05) is 31.8 Å². The lowest BCUT2D eigenvalue weighted by Crippen LogP contribution is -2.46. The maximum absolute atomic E-state index is 12.8. The van der Waals surface area contributed by atoms with Crippen molar-refractivity contribution in [1.82, 2.24) is 19.9 Å². The van der Waals surface area contributed by atoms with Gasteiger partial charge in [-0.05, 0) is 68.6 Å². The first-order valence-electron chi connectivity index (χ1n) is 14.8. The first-order valence-corrected chi connectivity index (χ1v) is 18.5. The molecule has 2 unspecified atom stereocenters. The van der Waals surface area contributed by atoms with E-state index >= 15 is 0 Å². The van der Waals surface area contributed by atoms with Gasteiger partial charge >= 0.3 is 0 Å². The van der Waals surface area contributed by atoms with E-state index in [9.17, 15) is 4.79 Å². The van der Waals surface area contributed by atoms with Crippen LogP contribution in [0.1, 0.15) is 25.7 Å². The average Bonchev–Trinajstić information content (AvgIpc) is 3.44. The first kappa shape index (κ1) is 27.4. The van der Waals surface area contributed by atoms with Crippen molar-refractivity contribution in [3.63, 3.8) is 0 Å². The molecule has 3 aliphatic rings. The SMILES string of the molecule is C[Si](C)(C)CCOCn1c(-c2ccc(NC(=O)C3CCNCC3)cc2)cc2c(N3C4CCC3COC4)ncnc21. The topological polar surface area (TPSA) is 93.5 Å². The van der Waals surface area contributed by atoms with E-state index in [0.717, 1.165) is 98.4 Å². The fourth-order valence-corrected chi connectivity index (χ4v) is 6.94. The minimum absolute atomic E-state index is 0.0734. The second-order valence-electron chi connectivity index (χ2n) is 12.7. The molecule has 0 saturated carbocycles. The Labute approximate surface area is 237 Å². The number of aromatic nitrogens is 3. The number of carbonyl (C=O) groups is 1. The van der Waals surface area contributed by atoms with Gasteiger partial charge in [0.25, 0.3) is 0 Å². The summed E-state index contributed by atoms with van der Waals surface area (Å²) in [5, 5.41) is 7.49. The van der Waals surface area contributed by atoms with Crippen LogP contribution in [0.3, 0.4) is 0 Å². The van der Waals surface area contributed by atoms with E-state index in [0.29, 0.717) is 18.8 Å². The number of nitrogens with one attached hydrogen (secondary N) is 2. The highest BCUT2D eigenvalue weighted by Crippen LogP contribution is 2.38. The highest BCUT2D eigenvalue weighted by molar-refractivity contribution is 6.76. The summed E-state index contributed by atoms with van der Waals surface area (Å²) in [4.78, 5) is 24.8. The molecule has 9 nitrogen and oxygen atoms in total. The Morgan fingerprint density at radius 3 is 2.50 bits per heavy atom. The van der Waals surface area contributed by atoms with Gasteiger partial charge in [-0.2, -0.15) is 0 Å². The minimum atomic E-state index is -1.20. The Morgan fingerprint density at radius 1 is 1.07 bits per heavy atom. The van der Waals surface area contributed by atoms with Crippen molar-refractivity contribution >= 4 is 36.5 Å². The summed E-state index contributed by atoms with van der Waals surface area (Å²) in [7, 11) is -1.20. The molecule has 214 valence electrons. The monoisotopic (exact) mass is 562 g/mol. The summed E-state index contributed by atoms with van der Waals surface area (Å²) < 4.78 is 14.3. The zero-order chi connectivity index (χ0) is 27.7. The number of carbonyl (C=O) groups excluding carboxylic acids is 1. The van der Waals surface area contributed by atoms with E-state index in [1.165, 1.54) is 0 Å². The van der Waals surface area contributed by atoms with Gasteiger partial charge in [0.2, 0.25) is 5.91 Å². The van der Waals surface area contributed by atoms with Crippen LogP contribution >= 0.6 is 0 Å². The number of hydrogen-bond donors (Lipinski definition) is 2. The Balaban J connectivity index is 1.30. The fraction of sp³-hybridized carbons (Fsp3) is 0.567. The molecule has 2 atom stereocenters. The number of benzene rings is 1. The molecule has 10 heteroatoms. The summed E-state index contributed by atoms with van der Waals surface area (Å²) in [6.45, 7) is 11.6. The van der Waals surface area contributed by atoms with Crippen molar-refractivity contribution in [2.24, 2.45) is 5.92 Å². The molecule has 2 aromatic heterocycles. The van der Waals surface area contributed by atoms with Gasteiger partial charge in [0, 0.05) is 26.3 Å². The Morgan fingerprint density at radius 2 is 1.80 bits per heavy atom. The van der Waals surface area contributed by atoms with E-state index < -0.39 is 8.07 Å². The van der Waals surface area contributed by atoms with E-state index in [4.69, 9.17) is 19.4 Å². The van der Waals surface area contributed by atoms with Gasteiger partial charge in [-0.3, -0.25) is 4.79 Å². The Hall–Kier alpha value is -2.79. The second kappa shape index (κ2) is 11.6. The number of ether oxygens (including phenoxy) is 2. The Bertz CT molecular complexity index is 1320. The summed E-state index contributed by atoms with van der Waals surface area (Å²) >= 11 is 0. The number of hydrogen-bond acceptors (Lipinski definition) is 7. The van der Waals surface area contributed by atoms with Crippen molar-refractivity contribution in [3.8, 4) is 11.3 Å². The molecule has 3 saturated heterocycles. The molecule has 6 rings (SSSR count). The number of anilines is 2. The maximum atomic E-state index is 12.8. The summed E-state index contributed by atoms with van der Waals surface area (Å²) in [6.07, 6.45) is 5.72. The molecule has 1 amide bonds. The third-order valence-corrected chi connectivity index (χ3v) is 10.2. The lowest BCUT2D eigenvalue weighted by molar-refractivity contribution is -0.120. The van der Waals surface area contributed by atoms with Gasteiger partial charge in [0.15, 0.2) is 0 Å². The number of amides is 1. The van der Waals surface area contributed by atoms with Crippen molar-refractivity contribution < 1.29 is 14.3 Å². The standard InChI is InChI=1S/C30H42N6O3Si/c1-40(2,3)15-14-38-20-35-27(21-4-6-23(7-5-21)34-30(37)22-10-12-31-13-11-22)16-26-28(35)32-19-33-29(26)36-24-8-9-25(36)18-39-17-24/h4-7,16,19,22,24-25,31H,8-15,17-18,20H2,1-3H3,(H,34,37). The summed E-state index contributed by atoms with van der Waals surface area (Å²) in [6, 6.07) is 12.2. The van der Waals surface area contributed by atoms with Gasteiger partial charge in [0.1, 0.15) is 24.5 Å². The van der Waals surface area contributed by atoms with Gasteiger partial charge in [-0.15, -0.1) is 0 Å². The number of nitrogens with zero attached hydrogens (tertiary/aromatic N) is 4. The van der Waals surface area contributed by atoms with Crippen molar-refractivity contribution in [3.05, 3.63) is 36.7 Å². The van der Waals surface area contributed by atoms with Crippen molar-refractivity contribution in [1.29, 1.82) is 0 Å². The molecule has 40 heavy (non-hydrogen) atoms. The highest BCUT2D eigenvalue weighted by Gasteiger charge is 2.39. The molecule has 0 aliphatic carbocycles. The maximum Gasteiger partial charge on any atom is 0.227 e. The van der Waals surface area contributed by atoms with E-state index in [2.05, 4.69) is 57.9 Å². The number of fused-ring (bicyclic) bond motifs is 3. The number of piperidine rings is 1. The summed E-state index contributed by atoms with van der Waals surface area (Å²) in [5.41, 5.74) is 3.82. The van der Waals surface area contributed by atoms with E-state index in [1.54, 1.807) is 6.33 Å². The van der Waals surface area contributed by atoms with Crippen LogP contribution in [0.4, 0.5) is 11.5 Å². The number of morpholine rings is 1. The third kappa shape index (κ3) is 5.81. The normalized spacial score (nSPS) is 21.7. The molecule has 5 heterocycles. The van der Waals surface area contributed by atoms with Crippen LogP contribution in [0.15, 0.2) is 36.7 Å². The highest BCUT2D eigenvalue weighted by atomic mass is 28.3. The largest absolute Gasteiger partial charge is 0.377 e. The van der Waals surface area contributed by atoms with Crippen molar-refractivity contribution in [2.45, 2.75) is 70.2 Å². The van der Waals surface area contributed by atoms with Crippen LogP contribution in [-0.2, 0) is 21.0 Å². The van der Waals surface area contributed by atoms with Crippen LogP contribution in [0.25, 0.3) is 22.3 Å². The molecule has 0 spiro atoms. The molecule has 3 fully saturated rings. The Kier molecular flexibility index (Phi) is 7.94. The summed E-state index contributed by atoms with van der Waals surface area (Å²) in [5.74, 6) is 1.18. The molecule has 3 aliphatic heterocycles. The zero-order valence-electron chi connectivity index (χ0n) is 24.0. The smallest absolute Gasteiger partial charge is 0.227 e. The van der Waals surface area contributed by atoms with Gasteiger partial charge < -0.3 is 29.6 Å². The molecule has 2 N–H and O–H groups in total. The lowest BCUT2D eigenvalue weighted by atomic mass is 9.97. The third-order valence-electron chi connectivity index (χ3n) is 8.53. The lowest BCUT2D eigenvalue weighted by Gasteiger charge is -2.35. The van der Waals surface area contributed by atoms with Crippen LogP contribution in [-0.4, -0.2) is 73.5 Å².